The van der Waals surface area contributed by atoms with E-state index in [1.807, 2.05) is 18.2 Å². The number of carbonyl (C=O) groups is 1. The fourth-order valence-corrected chi connectivity index (χ4v) is 1.76. The van der Waals surface area contributed by atoms with Crippen molar-refractivity contribution in [1.82, 2.24) is 4.98 Å². The van der Waals surface area contributed by atoms with Crippen molar-refractivity contribution in [3.63, 3.8) is 0 Å². The lowest BCUT2D eigenvalue weighted by atomic mass is 10.0. The molecule has 0 amide bonds. The first kappa shape index (κ1) is 10.8. The summed E-state index contributed by atoms with van der Waals surface area (Å²) in [7, 11) is 0. The van der Waals surface area contributed by atoms with E-state index < -0.39 is 0 Å². The lowest BCUT2D eigenvalue weighted by Crippen LogP contribution is -1.94. The predicted octanol–water partition coefficient (Wildman–Crippen LogP) is 3.14. The molecule has 0 bridgehead atoms. The van der Waals surface area contributed by atoms with Crippen molar-refractivity contribution in [1.29, 1.82) is 0 Å². The van der Waals surface area contributed by atoms with Crippen LogP contribution in [0.25, 0.3) is 0 Å². The summed E-state index contributed by atoms with van der Waals surface area (Å²) in [6.45, 7) is 0. The SMILES string of the molecule is O=Cc1ccc(Cl)cc1Cc1ccncc1. The van der Waals surface area contributed by atoms with Gasteiger partial charge in [-0.05, 0) is 47.9 Å². The van der Waals surface area contributed by atoms with Crippen molar-refractivity contribution in [3.05, 3.63) is 64.4 Å². The zero-order valence-electron chi connectivity index (χ0n) is 8.56. The molecule has 0 fully saturated rings. The number of nitrogens with zero attached hydrogens (tertiary/aromatic N) is 1. The van der Waals surface area contributed by atoms with E-state index in [2.05, 4.69) is 4.98 Å². The van der Waals surface area contributed by atoms with Gasteiger partial charge in [0.1, 0.15) is 6.29 Å². The molecule has 2 nitrogen and oxygen atoms in total. The molecule has 1 heterocycles. The van der Waals surface area contributed by atoms with Gasteiger partial charge in [0.15, 0.2) is 0 Å². The molecule has 0 saturated heterocycles. The highest BCUT2D eigenvalue weighted by Gasteiger charge is 2.03. The lowest BCUT2D eigenvalue weighted by Gasteiger charge is -2.05. The van der Waals surface area contributed by atoms with Crippen LogP contribution >= 0.6 is 11.6 Å². The summed E-state index contributed by atoms with van der Waals surface area (Å²) in [5.74, 6) is 0. The van der Waals surface area contributed by atoms with Crippen LogP contribution in [0, 0.1) is 0 Å². The molecular formula is C13H10ClNO. The van der Waals surface area contributed by atoms with Crippen LogP contribution in [-0.4, -0.2) is 11.3 Å². The highest BCUT2D eigenvalue weighted by molar-refractivity contribution is 6.30. The van der Waals surface area contributed by atoms with Crippen LogP contribution in [0.1, 0.15) is 21.5 Å². The third kappa shape index (κ3) is 2.47. The molecule has 2 aromatic rings. The summed E-state index contributed by atoms with van der Waals surface area (Å²) in [4.78, 5) is 14.8. The number of hydrogen-bond donors (Lipinski definition) is 0. The Kier molecular flexibility index (Phi) is 3.32. The second-order valence-corrected chi connectivity index (χ2v) is 3.93. The van der Waals surface area contributed by atoms with E-state index in [9.17, 15) is 4.79 Å². The lowest BCUT2D eigenvalue weighted by molar-refractivity contribution is 0.112. The Morgan fingerprint density at radius 1 is 1.19 bits per heavy atom. The average molecular weight is 232 g/mol. The molecule has 0 atom stereocenters. The van der Waals surface area contributed by atoms with Gasteiger partial charge in [-0.1, -0.05) is 11.6 Å². The smallest absolute Gasteiger partial charge is 0.150 e. The molecule has 1 aromatic heterocycles. The Bertz CT molecular complexity index is 497. The number of rotatable bonds is 3. The molecule has 0 spiro atoms. The van der Waals surface area contributed by atoms with Gasteiger partial charge in [0.05, 0.1) is 0 Å². The fraction of sp³-hybridized carbons (Fsp3) is 0.0769. The minimum absolute atomic E-state index is 0.648. The Morgan fingerprint density at radius 3 is 2.62 bits per heavy atom. The minimum Gasteiger partial charge on any atom is -0.298 e. The van der Waals surface area contributed by atoms with Crippen LogP contribution in [0.4, 0.5) is 0 Å². The van der Waals surface area contributed by atoms with E-state index in [1.54, 1.807) is 24.5 Å². The molecule has 1 aromatic carbocycles. The second-order valence-electron chi connectivity index (χ2n) is 3.49. The molecule has 0 unspecified atom stereocenters. The summed E-state index contributed by atoms with van der Waals surface area (Å²) in [6, 6.07) is 9.14. The third-order valence-electron chi connectivity index (χ3n) is 2.38. The maximum Gasteiger partial charge on any atom is 0.150 e. The zero-order valence-corrected chi connectivity index (χ0v) is 9.32. The van der Waals surface area contributed by atoms with Crippen molar-refractivity contribution < 1.29 is 4.79 Å². The average Bonchev–Trinajstić information content (AvgIpc) is 2.31. The van der Waals surface area contributed by atoms with Crippen molar-refractivity contribution in [2.45, 2.75) is 6.42 Å². The molecule has 0 aliphatic carbocycles. The molecule has 0 saturated carbocycles. The molecule has 0 radical (unpaired) electrons. The van der Waals surface area contributed by atoms with Crippen LogP contribution in [0.15, 0.2) is 42.7 Å². The number of pyridine rings is 1. The van der Waals surface area contributed by atoms with Gasteiger partial charge < -0.3 is 0 Å². The molecule has 0 aliphatic rings. The van der Waals surface area contributed by atoms with Crippen LogP contribution < -0.4 is 0 Å². The van der Waals surface area contributed by atoms with Crippen LogP contribution in [0.2, 0.25) is 5.02 Å². The maximum atomic E-state index is 10.9. The van der Waals surface area contributed by atoms with E-state index >= 15 is 0 Å². The molecule has 3 heteroatoms. The van der Waals surface area contributed by atoms with Gasteiger partial charge in [-0.25, -0.2) is 0 Å². The maximum absolute atomic E-state index is 10.9. The standard InChI is InChI=1S/C13H10ClNO/c14-13-2-1-11(9-16)12(8-13)7-10-3-5-15-6-4-10/h1-6,8-9H,7H2. The highest BCUT2D eigenvalue weighted by Crippen LogP contribution is 2.18. The highest BCUT2D eigenvalue weighted by atomic mass is 35.5. The molecule has 2 rings (SSSR count). The fourth-order valence-electron chi connectivity index (χ4n) is 1.56. The number of hydrogen-bond acceptors (Lipinski definition) is 2. The molecular weight excluding hydrogens is 222 g/mol. The predicted molar refractivity (Wildman–Crippen MR) is 63.9 cm³/mol. The normalized spacial score (nSPS) is 10.1. The Labute approximate surface area is 98.9 Å². The van der Waals surface area contributed by atoms with Crippen molar-refractivity contribution in [3.8, 4) is 0 Å². The first-order valence-electron chi connectivity index (χ1n) is 4.92. The van der Waals surface area contributed by atoms with E-state index in [0.29, 0.717) is 17.0 Å². The van der Waals surface area contributed by atoms with E-state index in [1.165, 1.54) is 0 Å². The molecule has 0 N–H and O–H groups in total. The summed E-state index contributed by atoms with van der Waals surface area (Å²) in [6.07, 6.45) is 5.02. The molecule has 16 heavy (non-hydrogen) atoms. The topological polar surface area (TPSA) is 30.0 Å². The summed E-state index contributed by atoms with van der Waals surface area (Å²) in [5, 5.41) is 0.648. The van der Waals surface area contributed by atoms with E-state index in [0.717, 1.165) is 17.4 Å². The molecule has 80 valence electrons. The Balaban J connectivity index is 2.33. The van der Waals surface area contributed by atoms with Gasteiger partial charge in [-0.3, -0.25) is 9.78 Å². The minimum atomic E-state index is 0.648. The Hall–Kier alpha value is -1.67. The number of aldehydes is 1. The second kappa shape index (κ2) is 4.90. The molecule has 0 aliphatic heterocycles. The van der Waals surface area contributed by atoms with E-state index in [4.69, 9.17) is 11.6 Å². The monoisotopic (exact) mass is 231 g/mol. The first-order valence-corrected chi connectivity index (χ1v) is 5.30. The van der Waals surface area contributed by atoms with Gasteiger partial charge in [-0.2, -0.15) is 0 Å². The van der Waals surface area contributed by atoms with Gasteiger partial charge in [-0.15, -0.1) is 0 Å². The number of benzene rings is 1. The van der Waals surface area contributed by atoms with Gasteiger partial charge in [0.25, 0.3) is 0 Å². The van der Waals surface area contributed by atoms with E-state index in [-0.39, 0.29) is 0 Å². The summed E-state index contributed by atoms with van der Waals surface area (Å²) in [5.41, 5.74) is 2.73. The van der Waals surface area contributed by atoms with Crippen LogP contribution in [0.5, 0.6) is 0 Å². The quantitative estimate of drug-likeness (QED) is 0.760. The number of carbonyl (C=O) groups excluding carboxylic acids is 1. The first-order chi connectivity index (χ1) is 7.79. The van der Waals surface area contributed by atoms with Gasteiger partial charge in [0.2, 0.25) is 0 Å². The zero-order chi connectivity index (χ0) is 11.4. The van der Waals surface area contributed by atoms with Crippen LogP contribution in [-0.2, 0) is 6.42 Å². The Morgan fingerprint density at radius 2 is 1.94 bits per heavy atom. The summed E-state index contributed by atoms with van der Waals surface area (Å²) >= 11 is 5.91. The van der Waals surface area contributed by atoms with Crippen molar-refractivity contribution in [2.75, 3.05) is 0 Å². The number of aromatic nitrogens is 1. The van der Waals surface area contributed by atoms with Gasteiger partial charge >= 0.3 is 0 Å². The van der Waals surface area contributed by atoms with Crippen molar-refractivity contribution in [2.24, 2.45) is 0 Å². The number of halogens is 1. The van der Waals surface area contributed by atoms with Crippen LogP contribution in [0.3, 0.4) is 0 Å². The third-order valence-corrected chi connectivity index (χ3v) is 2.61. The van der Waals surface area contributed by atoms with Gasteiger partial charge in [0, 0.05) is 23.0 Å². The largest absolute Gasteiger partial charge is 0.298 e. The summed E-state index contributed by atoms with van der Waals surface area (Å²) < 4.78 is 0. The van der Waals surface area contributed by atoms with Crippen molar-refractivity contribution >= 4 is 17.9 Å².